The Morgan fingerprint density at radius 2 is 0.867 bits per heavy atom. The van der Waals surface area contributed by atoms with Crippen molar-refractivity contribution in [3.05, 3.63) is 14.1 Å². The van der Waals surface area contributed by atoms with E-state index in [0.29, 0.717) is 0 Å². The molecule has 0 saturated heterocycles. The van der Waals surface area contributed by atoms with Gasteiger partial charge in [0.05, 0.1) is 0 Å². The molecule has 0 spiro atoms. The summed E-state index contributed by atoms with van der Waals surface area (Å²) in [7, 11) is 15.0. The van der Waals surface area contributed by atoms with E-state index in [0.717, 1.165) is 0 Å². The van der Waals surface area contributed by atoms with E-state index < -0.39 is 35.0 Å². The van der Waals surface area contributed by atoms with E-state index in [1.165, 1.54) is 0 Å². The van der Waals surface area contributed by atoms with Crippen LogP contribution in [-0.4, -0.2) is 40.0 Å². The van der Waals surface area contributed by atoms with Crippen LogP contribution in [0.25, 0.3) is 0 Å². The Labute approximate surface area is 115 Å². The SMILES string of the molecule is [CH2-]N=P(C)(C)C.[CH2-]N=P(C)(C)C.[Cl][Zr+2][Cl]. The minimum atomic E-state index is -0.883. The third-order valence-corrected chi connectivity index (χ3v) is 2.55. The Morgan fingerprint density at radius 3 is 0.867 bits per heavy atom. The first-order chi connectivity index (χ1) is 6.54. The summed E-state index contributed by atoms with van der Waals surface area (Å²) in [5.41, 5.74) is 0. The molecule has 92 valence electrons. The molecule has 0 heterocycles. The average Bonchev–Trinajstić information content (AvgIpc) is 2.04. The Bertz CT molecular complexity index is 192. The van der Waals surface area contributed by atoms with Gasteiger partial charge >= 0.3 is 37.9 Å². The van der Waals surface area contributed by atoms with E-state index in [9.17, 15) is 0 Å². The molecule has 0 aliphatic carbocycles. The van der Waals surface area contributed by atoms with Gasteiger partial charge in [0.1, 0.15) is 0 Å². The Hall–Kier alpha value is 1.92. The topological polar surface area (TPSA) is 24.7 Å². The molecule has 0 saturated carbocycles. The predicted molar refractivity (Wildman–Crippen MR) is 76.7 cm³/mol. The summed E-state index contributed by atoms with van der Waals surface area (Å²) in [5.74, 6) is 0. The van der Waals surface area contributed by atoms with Gasteiger partial charge in [0.2, 0.25) is 0 Å². The van der Waals surface area contributed by atoms with E-state index in [1.54, 1.807) is 0 Å². The van der Waals surface area contributed by atoms with Crippen molar-refractivity contribution in [3.63, 3.8) is 0 Å². The second-order valence-electron chi connectivity index (χ2n) is 4.24. The van der Waals surface area contributed by atoms with Crippen LogP contribution in [0.15, 0.2) is 9.49 Å². The van der Waals surface area contributed by atoms with Gasteiger partial charge in [-0.1, -0.05) is 14.1 Å². The van der Waals surface area contributed by atoms with Crippen LogP contribution in [-0.2, 0) is 20.8 Å². The van der Waals surface area contributed by atoms with Crippen molar-refractivity contribution < 1.29 is 20.8 Å². The maximum atomic E-state index is 4.93. The zero-order chi connectivity index (χ0) is 13.1. The molecule has 0 amide bonds. The maximum absolute atomic E-state index is 4.93. The third-order valence-electron chi connectivity index (χ3n) is 0.849. The summed E-state index contributed by atoms with van der Waals surface area (Å²) >= 11 is -0.826. The number of hydrogen-bond donors (Lipinski definition) is 0. The standard InChI is InChI=1S/2C4H11NP.2ClH.Zr/c2*1-5-6(2,3)4;;;/h2*1H2,2-4H3;2*1H;/q2*-1;;;+4/p-2. The van der Waals surface area contributed by atoms with Gasteiger partial charge in [-0.3, -0.25) is 0 Å². The van der Waals surface area contributed by atoms with E-state index >= 15 is 0 Å². The van der Waals surface area contributed by atoms with Crippen LogP contribution in [0.2, 0.25) is 0 Å². The van der Waals surface area contributed by atoms with Gasteiger partial charge < -0.3 is 9.49 Å². The van der Waals surface area contributed by atoms with Gasteiger partial charge in [0.25, 0.3) is 0 Å². The monoisotopic (exact) mass is 368 g/mol. The first kappa shape index (κ1) is 22.1. The van der Waals surface area contributed by atoms with Gasteiger partial charge in [0, 0.05) is 0 Å². The van der Waals surface area contributed by atoms with Crippen LogP contribution in [0.5, 0.6) is 0 Å². The molecule has 7 heteroatoms. The van der Waals surface area contributed by atoms with Gasteiger partial charge in [-0.05, 0) is 40.0 Å². The van der Waals surface area contributed by atoms with Crippen molar-refractivity contribution in [2.75, 3.05) is 40.0 Å². The fraction of sp³-hybridized carbons (Fsp3) is 0.750. The van der Waals surface area contributed by atoms with Crippen LogP contribution in [0.4, 0.5) is 0 Å². The van der Waals surface area contributed by atoms with Gasteiger partial charge in [-0.25, -0.2) is 14.1 Å². The van der Waals surface area contributed by atoms with Crippen LogP contribution in [0.3, 0.4) is 0 Å². The summed E-state index contributed by atoms with van der Waals surface area (Å²) in [6, 6.07) is 0. The molecule has 0 aromatic heterocycles. The normalized spacial score (nSPS) is 9.73. The number of nitrogens with zero attached hydrogens (tertiary/aromatic N) is 2. The molecule has 0 unspecified atom stereocenters. The van der Waals surface area contributed by atoms with E-state index in [-0.39, 0.29) is 0 Å². The molecule has 0 fully saturated rings. The van der Waals surface area contributed by atoms with Gasteiger partial charge in [-0.2, -0.15) is 0 Å². The molecule has 0 aliphatic heterocycles. The fourth-order valence-electron chi connectivity index (χ4n) is 0. The second kappa shape index (κ2) is 12.4. The van der Waals surface area contributed by atoms with Crippen molar-refractivity contribution in [2.45, 2.75) is 0 Å². The number of hydrogen-bond acceptors (Lipinski definition) is 2. The Morgan fingerprint density at radius 1 is 0.800 bits per heavy atom. The molecule has 0 aromatic carbocycles. The summed E-state index contributed by atoms with van der Waals surface area (Å²) in [6.45, 7) is 12.8. The van der Waals surface area contributed by atoms with Gasteiger partial charge in [0.15, 0.2) is 0 Å². The summed E-state index contributed by atoms with van der Waals surface area (Å²) in [4.78, 5) is 0. The van der Waals surface area contributed by atoms with E-state index in [1.807, 2.05) is 0 Å². The molecule has 0 rings (SSSR count). The quantitative estimate of drug-likeness (QED) is 0.418. The molecule has 0 bridgehead atoms. The summed E-state index contributed by atoms with van der Waals surface area (Å²) < 4.78 is 7.76. The second-order valence-corrected chi connectivity index (χ2v) is 16.3. The third kappa shape index (κ3) is 49.2. The number of halogens is 2. The van der Waals surface area contributed by atoms with E-state index in [4.69, 9.17) is 17.0 Å². The molecule has 0 atom stereocenters. The molecule has 0 aromatic rings. The van der Waals surface area contributed by atoms with Crippen molar-refractivity contribution in [2.24, 2.45) is 9.49 Å². The Kier molecular flexibility index (Phi) is 18.3. The van der Waals surface area contributed by atoms with Crippen LogP contribution >= 0.6 is 31.1 Å². The first-order valence-corrected chi connectivity index (χ1v) is 16.6. The number of rotatable bonds is 0. The van der Waals surface area contributed by atoms with Crippen LogP contribution < -0.4 is 0 Å². The molecule has 15 heavy (non-hydrogen) atoms. The van der Waals surface area contributed by atoms with E-state index in [2.05, 4.69) is 63.6 Å². The van der Waals surface area contributed by atoms with Crippen LogP contribution in [0, 0.1) is 14.1 Å². The molecular weight excluding hydrogens is 348 g/mol. The molecule has 0 N–H and O–H groups in total. The average molecular weight is 370 g/mol. The van der Waals surface area contributed by atoms with Gasteiger partial charge in [-0.15, -0.1) is 0 Å². The Balaban J connectivity index is -0.000000153. The zero-order valence-corrected chi connectivity index (χ0v) is 16.2. The molecule has 0 aliphatic rings. The molecule has 2 nitrogen and oxygen atoms in total. The first-order valence-electron chi connectivity index (χ1n) is 4.09. The van der Waals surface area contributed by atoms with Crippen LogP contribution in [0.1, 0.15) is 0 Å². The summed E-state index contributed by atoms with van der Waals surface area (Å²) in [5, 5.41) is 0. The molecule has 0 radical (unpaired) electrons. The summed E-state index contributed by atoms with van der Waals surface area (Å²) in [6.07, 6.45) is 0. The van der Waals surface area contributed by atoms with Crippen molar-refractivity contribution in [3.8, 4) is 0 Å². The molecular formula is C8H22Cl2N2P2Zr. The minimum absolute atomic E-state index is 0.826. The predicted octanol–water partition coefficient (Wildman–Crippen LogP) is 5.11. The fourth-order valence-corrected chi connectivity index (χ4v) is 0. The van der Waals surface area contributed by atoms with Crippen molar-refractivity contribution in [1.82, 2.24) is 0 Å². The van der Waals surface area contributed by atoms with Crippen molar-refractivity contribution >= 4 is 31.1 Å². The zero-order valence-electron chi connectivity index (χ0n) is 10.5. The van der Waals surface area contributed by atoms with Crippen molar-refractivity contribution in [1.29, 1.82) is 0 Å².